The minimum Gasteiger partial charge on any atom is -0.357 e. The van der Waals surface area contributed by atoms with Crippen LogP contribution in [0.1, 0.15) is 75.3 Å². The molecule has 2 N–H and O–H groups in total. The molecule has 0 unspecified atom stereocenters. The van der Waals surface area contributed by atoms with Gasteiger partial charge in [-0.2, -0.15) is 4.98 Å². The van der Waals surface area contributed by atoms with Crippen LogP contribution in [-0.2, 0) is 13.0 Å². The number of nitrogens with one attached hydrogen (secondary N) is 2. The van der Waals surface area contributed by atoms with Crippen molar-refractivity contribution >= 4 is 17.3 Å². The van der Waals surface area contributed by atoms with Crippen LogP contribution in [0.15, 0.2) is 14.9 Å². The van der Waals surface area contributed by atoms with Gasteiger partial charge >= 0.3 is 0 Å². The molecule has 2 rings (SSSR count). The smallest absolute Gasteiger partial charge is 0.226 e. The molecule has 0 radical (unpaired) electrons. The van der Waals surface area contributed by atoms with Gasteiger partial charge in [0.05, 0.1) is 12.2 Å². The molecule has 0 aliphatic carbocycles. The van der Waals surface area contributed by atoms with E-state index in [1.165, 1.54) is 0 Å². The SMILES string of the molecule is CCNC(=NCc1nc(C(C)C)cs1)NCCCc1nc(C(C)C)no1. The fourth-order valence-electron chi connectivity index (χ4n) is 2.20. The summed E-state index contributed by atoms with van der Waals surface area (Å²) in [6, 6.07) is 0. The first-order valence-electron chi connectivity index (χ1n) is 9.28. The van der Waals surface area contributed by atoms with E-state index >= 15 is 0 Å². The molecule has 0 aliphatic heterocycles. The standard InChI is InChI=1S/C18H30N6OS/c1-6-19-18(21-10-16-22-14(11-26-16)12(2)3)20-9-7-8-15-23-17(13(4)5)24-25-15/h11-13H,6-10H2,1-5H3,(H2,19,20,21). The summed E-state index contributed by atoms with van der Waals surface area (Å²) in [5, 5.41) is 13.8. The molecule has 0 saturated carbocycles. The van der Waals surface area contributed by atoms with Crippen molar-refractivity contribution in [1.82, 2.24) is 25.8 Å². The Balaban J connectivity index is 1.79. The van der Waals surface area contributed by atoms with E-state index in [4.69, 9.17) is 4.52 Å². The quantitative estimate of drug-likeness (QED) is 0.395. The van der Waals surface area contributed by atoms with E-state index in [1.807, 2.05) is 0 Å². The van der Waals surface area contributed by atoms with E-state index in [0.717, 1.165) is 48.4 Å². The van der Waals surface area contributed by atoms with Gasteiger partial charge in [0.25, 0.3) is 0 Å². The molecule has 2 aromatic rings. The Morgan fingerprint density at radius 1 is 1.19 bits per heavy atom. The number of thiazole rings is 1. The lowest BCUT2D eigenvalue weighted by molar-refractivity contribution is 0.368. The molecule has 2 heterocycles. The number of hydrogen-bond acceptors (Lipinski definition) is 6. The number of aryl methyl sites for hydroxylation is 1. The average Bonchev–Trinajstić information content (AvgIpc) is 3.25. The zero-order chi connectivity index (χ0) is 18.9. The lowest BCUT2D eigenvalue weighted by Crippen LogP contribution is -2.37. The van der Waals surface area contributed by atoms with Gasteiger partial charge in [0.1, 0.15) is 5.01 Å². The number of nitrogens with zero attached hydrogens (tertiary/aromatic N) is 4. The molecule has 26 heavy (non-hydrogen) atoms. The lowest BCUT2D eigenvalue weighted by atomic mass is 10.2. The van der Waals surface area contributed by atoms with Crippen LogP contribution in [0.2, 0.25) is 0 Å². The van der Waals surface area contributed by atoms with Crippen LogP contribution in [-0.4, -0.2) is 34.2 Å². The van der Waals surface area contributed by atoms with Crippen molar-refractivity contribution in [3.05, 3.63) is 27.8 Å². The molecule has 0 aliphatic rings. The van der Waals surface area contributed by atoms with Crippen LogP contribution < -0.4 is 10.6 Å². The molecule has 0 spiro atoms. The van der Waals surface area contributed by atoms with E-state index in [-0.39, 0.29) is 0 Å². The topological polar surface area (TPSA) is 88.2 Å². The minimum absolute atomic E-state index is 0.292. The number of guanidine groups is 1. The van der Waals surface area contributed by atoms with Crippen molar-refractivity contribution in [1.29, 1.82) is 0 Å². The Hall–Kier alpha value is -1.96. The van der Waals surface area contributed by atoms with Gasteiger partial charge in [-0.15, -0.1) is 11.3 Å². The van der Waals surface area contributed by atoms with Crippen LogP contribution >= 0.6 is 11.3 Å². The minimum atomic E-state index is 0.292. The highest BCUT2D eigenvalue weighted by molar-refractivity contribution is 7.09. The Morgan fingerprint density at radius 3 is 2.62 bits per heavy atom. The van der Waals surface area contributed by atoms with Crippen LogP contribution in [0, 0.1) is 0 Å². The van der Waals surface area contributed by atoms with E-state index < -0.39 is 0 Å². The number of hydrogen-bond donors (Lipinski definition) is 2. The van der Waals surface area contributed by atoms with Crippen LogP contribution in [0.4, 0.5) is 0 Å². The third-order valence-electron chi connectivity index (χ3n) is 3.74. The van der Waals surface area contributed by atoms with Crippen LogP contribution in [0.3, 0.4) is 0 Å². The van der Waals surface area contributed by atoms with E-state index in [0.29, 0.717) is 24.3 Å². The van der Waals surface area contributed by atoms with Gasteiger partial charge in [-0.3, -0.25) is 0 Å². The van der Waals surface area contributed by atoms with Gasteiger partial charge in [-0.25, -0.2) is 9.98 Å². The van der Waals surface area contributed by atoms with Gasteiger partial charge in [-0.1, -0.05) is 32.9 Å². The normalized spacial score (nSPS) is 12.2. The molecule has 0 bridgehead atoms. The second-order valence-corrected chi connectivity index (χ2v) is 7.69. The maximum absolute atomic E-state index is 5.27. The van der Waals surface area contributed by atoms with Gasteiger partial charge in [0.2, 0.25) is 5.89 Å². The maximum Gasteiger partial charge on any atom is 0.226 e. The van der Waals surface area contributed by atoms with Gasteiger partial charge < -0.3 is 15.2 Å². The summed E-state index contributed by atoms with van der Waals surface area (Å²) in [5.41, 5.74) is 1.14. The molecule has 2 aromatic heterocycles. The van der Waals surface area contributed by atoms with Crippen molar-refractivity contribution in [2.45, 2.75) is 65.8 Å². The van der Waals surface area contributed by atoms with Crippen LogP contribution in [0.5, 0.6) is 0 Å². The molecule has 0 atom stereocenters. The summed E-state index contributed by atoms with van der Waals surface area (Å²) in [4.78, 5) is 13.6. The molecule has 8 heteroatoms. The van der Waals surface area contributed by atoms with Crippen LogP contribution in [0.25, 0.3) is 0 Å². The lowest BCUT2D eigenvalue weighted by Gasteiger charge is -2.10. The summed E-state index contributed by atoms with van der Waals surface area (Å²) in [5.74, 6) is 3.02. The van der Waals surface area contributed by atoms with E-state index in [1.54, 1.807) is 11.3 Å². The van der Waals surface area contributed by atoms with Crippen molar-refractivity contribution in [3.8, 4) is 0 Å². The van der Waals surface area contributed by atoms with Crippen molar-refractivity contribution in [2.75, 3.05) is 13.1 Å². The molecule has 0 aromatic carbocycles. The fourth-order valence-corrected chi connectivity index (χ4v) is 3.08. The molecule has 0 fully saturated rings. The molecule has 144 valence electrons. The third kappa shape index (κ3) is 6.40. The first kappa shape index (κ1) is 20.4. The number of rotatable bonds is 9. The largest absolute Gasteiger partial charge is 0.357 e. The highest BCUT2D eigenvalue weighted by Crippen LogP contribution is 2.18. The Kier molecular flexibility index (Phi) is 8.03. The predicted octanol–water partition coefficient (Wildman–Crippen LogP) is 3.46. The summed E-state index contributed by atoms with van der Waals surface area (Å²) < 4.78 is 5.27. The van der Waals surface area contributed by atoms with Crippen molar-refractivity contribution < 1.29 is 4.52 Å². The molecule has 0 saturated heterocycles. The summed E-state index contributed by atoms with van der Waals surface area (Å²) in [6.45, 7) is 12.7. The summed E-state index contributed by atoms with van der Waals surface area (Å²) in [6.07, 6.45) is 1.66. The number of aliphatic imine (C=N–C) groups is 1. The Labute approximate surface area is 159 Å². The van der Waals surface area contributed by atoms with Gasteiger partial charge in [0, 0.05) is 30.8 Å². The summed E-state index contributed by atoms with van der Waals surface area (Å²) >= 11 is 1.67. The Morgan fingerprint density at radius 2 is 2.00 bits per heavy atom. The molecular weight excluding hydrogens is 348 g/mol. The zero-order valence-electron chi connectivity index (χ0n) is 16.4. The van der Waals surface area contributed by atoms with Crippen molar-refractivity contribution in [2.24, 2.45) is 4.99 Å². The average molecular weight is 379 g/mol. The van der Waals surface area contributed by atoms with Crippen molar-refractivity contribution in [3.63, 3.8) is 0 Å². The maximum atomic E-state index is 5.27. The second kappa shape index (κ2) is 10.3. The predicted molar refractivity (Wildman–Crippen MR) is 106 cm³/mol. The van der Waals surface area contributed by atoms with Gasteiger partial charge in [-0.05, 0) is 19.3 Å². The van der Waals surface area contributed by atoms with E-state index in [2.05, 4.69) is 70.7 Å². The summed E-state index contributed by atoms with van der Waals surface area (Å²) in [7, 11) is 0. The molecular formula is C18H30N6OS. The highest BCUT2D eigenvalue weighted by Gasteiger charge is 2.09. The first-order chi connectivity index (χ1) is 12.5. The molecule has 0 amide bonds. The number of aromatic nitrogens is 3. The van der Waals surface area contributed by atoms with E-state index in [9.17, 15) is 0 Å². The zero-order valence-corrected chi connectivity index (χ0v) is 17.2. The first-order valence-corrected chi connectivity index (χ1v) is 10.2. The monoisotopic (exact) mass is 378 g/mol. The third-order valence-corrected chi connectivity index (χ3v) is 4.59. The fraction of sp³-hybridized carbons (Fsp3) is 0.667. The molecule has 7 nitrogen and oxygen atoms in total. The Bertz CT molecular complexity index is 691. The van der Waals surface area contributed by atoms with Gasteiger partial charge in [0.15, 0.2) is 11.8 Å². The second-order valence-electron chi connectivity index (χ2n) is 6.75. The highest BCUT2D eigenvalue weighted by atomic mass is 32.1.